The number of halogens is 1. The van der Waals surface area contributed by atoms with Gasteiger partial charge in [0.15, 0.2) is 0 Å². The summed E-state index contributed by atoms with van der Waals surface area (Å²) in [5, 5.41) is 4.53. The largest absolute Gasteiger partial charge is 0.303 e. The number of nitrogens with one attached hydrogen (secondary N) is 1. The van der Waals surface area contributed by atoms with Crippen molar-refractivity contribution in [1.29, 1.82) is 0 Å². The smallest absolute Gasteiger partial charge is 0.116 e. The molecule has 0 radical (unpaired) electrons. The molecule has 0 saturated heterocycles. The van der Waals surface area contributed by atoms with E-state index >= 15 is 0 Å². The zero-order chi connectivity index (χ0) is 13.1. The lowest BCUT2D eigenvalue weighted by Gasteiger charge is -2.14. The average Bonchev–Trinajstić information content (AvgIpc) is 2.68. The van der Waals surface area contributed by atoms with Gasteiger partial charge >= 0.3 is 0 Å². The Labute approximate surface area is 120 Å². The minimum absolute atomic E-state index is 0.0838. The van der Waals surface area contributed by atoms with Crippen molar-refractivity contribution in [3.63, 3.8) is 0 Å². The second-order valence-corrected chi connectivity index (χ2v) is 6.24. The summed E-state index contributed by atoms with van der Waals surface area (Å²) in [7, 11) is 0. The van der Waals surface area contributed by atoms with Gasteiger partial charge in [0.2, 0.25) is 0 Å². The number of hydrogen-bond acceptors (Lipinski definition) is 4. The standard InChI is InChI=1S/C13H16BrN3S/c1-4-15-12(11-6-5-10(14)7-16-11)13-17-8(2)9(3)18-13/h5-7,12,15H,4H2,1-3H3. The molecule has 0 spiro atoms. The highest BCUT2D eigenvalue weighted by Crippen LogP contribution is 2.27. The van der Waals surface area contributed by atoms with Gasteiger partial charge < -0.3 is 5.32 Å². The first kappa shape index (κ1) is 13.6. The molecule has 0 aliphatic carbocycles. The van der Waals surface area contributed by atoms with Crippen LogP contribution in [0, 0.1) is 13.8 Å². The van der Waals surface area contributed by atoms with E-state index in [9.17, 15) is 0 Å². The molecule has 0 amide bonds. The van der Waals surface area contributed by atoms with E-state index in [1.807, 2.05) is 25.3 Å². The van der Waals surface area contributed by atoms with Crippen LogP contribution in [-0.4, -0.2) is 16.5 Å². The first-order valence-corrected chi connectivity index (χ1v) is 7.51. The monoisotopic (exact) mass is 325 g/mol. The highest BCUT2D eigenvalue weighted by Gasteiger charge is 2.18. The van der Waals surface area contributed by atoms with Crippen LogP contribution in [-0.2, 0) is 0 Å². The average molecular weight is 326 g/mol. The SMILES string of the molecule is CCNC(c1ccc(Br)cn1)c1nc(C)c(C)s1. The van der Waals surface area contributed by atoms with Crippen molar-refractivity contribution in [3.8, 4) is 0 Å². The normalized spacial score (nSPS) is 12.7. The van der Waals surface area contributed by atoms with Gasteiger partial charge in [0.1, 0.15) is 11.0 Å². The van der Waals surface area contributed by atoms with Crippen LogP contribution in [0.4, 0.5) is 0 Å². The van der Waals surface area contributed by atoms with E-state index in [0.717, 1.165) is 27.4 Å². The number of rotatable bonds is 4. The van der Waals surface area contributed by atoms with Crippen LogP contribution < -0.4 is 5.32 Å². The molecular weight excluding hydrogens is 310 g/mol. The van der Waals surface area contributed by atoms with Gasteiger partial charge in [0.05, 0.1) is 11.4 Å². The molecule has 18 heavy (non-hydrogen) atoms. The third kappa shape index (κ3) is 2.96. The number of nitrogens with zero attached hydrogens (tertiary/aromatic N) is 2. The molecule has 5 heteroatoms. The van der Waals surface area contributed by atoms with Crippen molar-refractivity contribution in [2.45, 2.75) is 26.8 Å². The zero-order valence-corrected chi connectivity index (χ0v) is 13.1. The van der Waals surface area contributed by atoms with Crippen molar-refractivity contribution in [2.24, 2.45) is 0 Å². The second-order valence-electron chi connectivity index (χ2n) is 4.09. The molecule has 1 unspecified atom stereocenters. The third-order valence-electron chi connectivity index (χ3n) is 2.75. The van der Waals surface area contributed by atoms with Crippen LogP contribution >= 0.6 is 27.3 Å². The summed E-state index contributed by atoms with van der Waals surface area (Å²) in [6.45, 7) is 7.14. The second kappa shape index (κ2) is 5.91. The van der Waals surface area contributed by atoms with Gasteiger partial charge in [-0.25, -0.2) is 4.98 Å². The van der Waals surface area contributed by atoms with Gasteiger partial charge in [-0.05, 0) is 48.5 Å². The van der Waals surface area contributed by atoms with Gasteiger partial charge in [-0.15, -0.1) is 11.3 Å². The molecule has 0 aromatic carbocycles. The summed E-state index contributed by atoms with van der Waals surface area (Å²) in [4.78, 5) is 10.4. The van der Waals surface area contributed by atoms with Gasteiger partial charge in [0.25, 0.3) is 0 Å². The Morgan fingerprint density at radius 3 is 2.67 bits per heavy atom. The molecule has 2 heterocycles. The topological polar surface area (TPSA) is 37.8 Å². The van der Waals surface area contributed by atoms with Gasteiger partial charge in [-0.2, -0.15) is 0 Å². The van der Waals surface area contributed by atoms with Crippen molar-refractivity contribution in [2.75, 3.05) is 6.54 Å². The molecule has 2 aromatic heterocycles. The predicted molar refractivity (Wildman–Crippen MR) is 79.0 cm³/mol. The van der Waals surface area contributed by atoms with Crippen LogP contribution in [0.25, 0.3) is 0 Å². The lowest BCUT2D eigenvalue weighted by atomic mass is 10.2. The molecule has 96 valence electrons. The summed E-state index contributed by atoms with van der Waals surface area (Å²) < 4.78 is 0.994. The van der Waals surface area contributed by atoms with E-state index in [0.29, 0.717) is 0 Å². The van der Waals surface area contributed by atoms with E-state index in [1.165, 1.54) is 4.88 Å². The quantitative estimate of drug-likeness (QED) is 0.932. The van der Waals surface area contributed by atoms with Crippen LogP contribution in [0.2, 0.25) is 0 Å². The molecule has 0 aliphatic rings. The van der Waals surface area contributed by atoms with E-state index in [1.54, 1.807) is 11.3 Å². The van der Waals surface area contributed by atoms with Crippen LogP contribution in [0.1, 0.15) is 34.2 Å². The fourth-order valence-electron chi connectivity index (χ4n) is 1.70. The molecule has 0 aliphatic heterocycles. The van der Waals surface area contributed by atoms with Crippen LogP contribution in [0.5, 0.6) is 0 Å². The molecule has 0 saturated carbocycles. The predicted octanol–water partition coefficient (Wildman–Crippen LogP) is 3.62. The first-order chi connectivity index (χ1) is 8.61. The van der Waals surface area contributed by atoms with Crippen molar-refractivity contribution < 1.29 is 0 Å². The summed E-state index contributed by atoms with van der Waals surface area (Å²) in [6.07, 6.45) is 1.83. The Morgan fingerprint density at radius 2 is 2.17 bits per heavy atom. The Morgan fingerprint density at radius 1 is 1.39 bits per heavy atom. The third-order valence-corrected chi connectivity index (χ3v) is 4.35. The summed E-state index contributed by atoms with van der Waals surface area (Å²) in [6, 6.07) is 4.13. The number of aryl methyl sites for hydroxylation is 2. The van der Waals surface area contributed by atoms with Crippen molar-refractivity contribution in [3.05, 3.63) is 44.1 Å². The molecule has 0 fully saturated rings. The van der Waals surface area contributed by atoms with Gasteiger partial charge in [-0.1, -0.05) is 6.92 Å². The molecule has 2 aromatic rings. The van der Waals surface area contributed by atoms with Crippen LogP contribution in [0.15, 0.2) is 22.8 Å². The molecular formula is C13H16BrN3S. The highest BCUT2D eigenvalue weighted by molar-refractivity contribution is 9.10. The van der Waals surface area contributed by atoms with Crippen LogP contribution in [0.3, 0.4) is 0 Å². The maximum absolute atomic E-state index is 4.63. The minimum atomic E-state index is 0.0838. The van der Waals surface area contributed by atoms with E-state index in [2.05, 4.69) is 45.1 Å². The number of aromatic nitrogens is 2. The molecule has 1 atom stereocenters. The van der Waals surface area contributed by atoms with Gasteiger partial charge in [0, 0.05) is 15.5 Å². The summed E-state index contributed by atoms with van der Waals surface area (Å²) in [5.41, 5.74) is 2.11. The Bertz CT molecular complexity index is 502. The Hall–Kier alpha value is -0.780. The van der Waals surface area contributed by atoms with E-state index < -0.39 is 0 Å². The maximum Gasteiger partial charge on any atom is 0.116 e. The summed E-state index contributed by atoms with van der Waals surface area (Å²) >= 11 is 5.15. The highest BCUT2D eigenvalue weighted by atomic mass is 79.9. The van der Waals surface area contributed by atoms with Crippen molar-refractivity contribution in [1.82, 2.24) is 15.3 Å². The molecule has 2 rings (SSSR count). The molecule has 0 bridgehead atoms. The Kier molecular flexibility index (Phi) is 4.48. The number of thiazole rings is 1. The molecule has 3 nitrogen and oxygen atoms in total. The van der Waals surface area contributed by atoms with Crippen molar-refractivity contribution >= 4 is 27.3 Å². The fourth-order valence-corrected chi connectivity index (χ4v) is 2.95. The Balaban J connectivity index is 2.36. The molecule has 1 N–H and O–H groups in total. The minimum Gasteiger partial charge on any atom is -0.303 e. The van der Waals surface area contributed by atoms with E-state index in [-0.39, 0.29) is 6.04 Å². The summed E-state index contributed by atoms with van der Waals surface area (Å²) in [5.74, 6) is 0. The number of hydrogen-bond donors (Lipinski definition) is 1. The maximum atomic E-state index is 4.63. The zero-order valence-electron chi connectivity index (χ0n) is 10.7. The lowest BCUT2D eigenvalue weighted by Crippen LogP contribution is -2.22. The first-order valence-electron chi connectivity index (χ1n) is 5.90. The van der Waals surface area contributed by atoms with Gasteiger partial charge in [-0.3, -0.25) is 4.98 Å². The number of pyridine rings is 1. The lowest BCUT2D eigenvalue weighted by molar-refractivity contribution is 0.611. The fraction of sp³-hybridized carbons (Fsp3) is 0.385. The van der Waals surface area contributed by atoms with E-state index in [4.69, 9.17) is 0 Å².